The van der Waals surface area contributed by atoms with Crippen molar-refractivity contribution in [2.75, 3.05) is 6.61 Å². The Hall–Kier alpha value is -1.06. The van der Waals surface area contributed by atoms with E-state index >= 15 is 0 Å². The van der Waals surface area contributed by atoms with E-state index in [0.29, 0.717) is 6.07 Å². The van der Waals surface area contributed by atoms with Crippen LogP contribution in [0.1, 0.15) is 24.1 Å². The summed E-state index contributed by atoms with van der Waals surface area (Å²) in [4.78, 5) is 11.3. The zero-order valence-electron chi connectivity index (χ0n) is 11.2. The Morgan fingerprint density at radius 1 is 1.45 bits per heavy atom. The lowest BCUT2D eigenvalue weighted by Gasteiger charge is -2.22. The number of rotatable bonds is 4. The molecule has 0 saturated heterocycles. The van der Waals surface area contributed by atoms with E-state index in [4.69, 9.17) is 5.73 Å². The number of esters is 1. The zero-order valence-corrected chi connectivity index (χ0v) is 13.6. The predicted molar refractivity (Wildman–Crippen MR) is 76.5 cm³/mol. The molecule has 0 aliphatic carbocycles. The van der Waals surface area contributed by atoms with Crippen LogP contribution in [-0.4, -0.2) is 23.9 Å². The standard InChI is InChI=1S/C12H12BrF4NO3.ClH/c1-2-21-11(20)8(14)9(18)7-5(12(15,16)17)3-4-6(13)10(7)19;/h3-4,8-9,19H,2,18H2,1H3;1H/t8?,9-;/m0./s1. The molecule has 0 aliphatic heterocycles. The quantitative estimate of drug-likeness (QED) is 0.589. The van der Waals surface area contributed by atoms with Gasteiger partial charge in [0.15, 0.2) is 0 Å². The fourth-order valence-corrected chi connectivity index (χ4v) is 2.03. The third-order valence-corrected chi connectivity index (χ3v) is 3.27. The third-order valence-electron chi connectivity index (χ3n) is 2.63. The maximum absolute atomic E-state index is 13.8. The highest BCUT2D eigenvalue weighted by Crippen LogP contribution is 2.42. The maximum atomic E-state index is 13.8. The van der Waals surface area contributed by atoms with E-state index in [0.717, 1.165) is 6.07 Å². The van der Waals surface area contributed by atoms with Crippen molar-refractivity contribution in [3.8, 4) is 5.75 Å². The van der Waals surface area contributed by atoms with Gasteiger partial charge in [0.2, 0.25) is 6.17 Å². The molecule has 1 rings (SSSR count). The Labute approximate surface area is 138 Å². The zero-order chi connectivity index (χ0) is 16.4. The summed E-state index contributed by atoms with van der Waals surface area (Å²) in [6, 6.07) is -0.429. The van der Waals surface area contributed by atoms with Gasteiger partial charge in [-0.1, -0.05) is 0 Å². The minimum Gasteiger partial charge on any atom is -0.506 e. The Kier molecular flexibility index (Phi) is 7.60. The molecule has 10 heteroatoms. The molecule has 0 aliphatic rings. The number of hydrogen-bond acceptors (Lipinski definition) is 4. The molecule has 0 aromatic heterocycles. The second-order valence-corrected chi connectivity index (χ2v) is 4.89. The number of aromatic hydroxyl groups is 1. The number of alkyl halides is 4. The molecule has 1 unspecified atom stereocenters. The van der Waals surface area contributed by atoms with Crippen LogP contribution >= 0.6 is 28.3 Å². The SMILES string of the molecule is CCOC(=O)C(F)[C@@H](N)c1c(C(F)(F)F)ccc(Br)c1O.Cl. The number of halogens is 6. The van der Waals surface area contributed by atoms with Crippen molar-refractivity contribution in [3.63, 3.8) is 0 Å². The van der Waals surface area contributed by atoms with Crippen molar-refractivity contribution in [1.82, 2.24) is 0 Å². The van der Waals surface area contributed by atoms with Crippen molar-refractivity contribution < 1.29 is 32.2 Å². The Bertz CT molecular complexity index is 542. The van der Waals surface area contributed by atoms with Crippen LogP contribution in [0.25, 0.3) is 0 Å². The first-order valence-electron chi connectivity index (χ1n) is 5.76. The summed E-state index contributed by atoms with van der Waals surface area (Å²) in [6.07, 6.45) is -7.40. The number of phenols is 1. The average molecular weight is 411 g/mol. The van der Waals surface area contributed by atoms with Crippen LogP contribution in [-0.2, 0) is 15.7 Å². The summed E-state index contributed by atoms with van der Waals surface area (Å²) in [5, 5.41) is 9.73. The molecule has 22 heavy (non-hydrogen) atoms. The summed E-state index contributed by atoms with van der Waals surface area (Å²) in [7, 11) is 0. The molecule has 4 nitrogen and oxygen atoms in total. The number of phenolic OH excluding ortho intramolecular Hbond substituents is 1. The van der Waals surface area contributed by atoms with E-state index < -0.39 is 41.2 Å². The lowest BCUT2D eigenvalue weighted by Crippen LogP contribution is -2.33. The van der Waals surface area contributed by atoms with Crippen molar-refractivity contribution in [3.05, 3.63) is 27.7 Å². The van der Waals surface area contributed by atoms with Gasteiger partial charge in [0, 0.05) is 5.56 Å². The topological polar surface area (TPSA) is 72.5 Å². The molecular formula is C12H13BrClF4NO3. The number of ether oxygens (including phenoxy) is 1. The van der Waals surface area contributed by atoms with Crippen LogP contribution in [0, 0.1) is 0 Å². The maximum Gasteiger partial charge on any atom is 0.416 e. The second kappa shape index (κ2) is 7.98. The van der Waals surface area contributed by atoms with Crippen LogP contribution in [0.15, 0.2) is 16.6 Å². The van der Waals surface area contributed by atoms with E-state index in [1.165, 1.54) is 6.92 Å². The normalized spacial score (nSPS) is 14.0. The van der Waals surface area contributed by atoms with Crippen LogP contribution in [0.5, 0.6) is 5.75 Å². The van der Waals surface area contributed by atoms with Crippen molar-refractivity contribution >= 4 is 34.3 Å². The summed E-state index contributed by atoms with van der Waals surface area (Å²) < 4.78 is 56.9. The van der Waals surface area contributed by atoms with Crippen molar-refractivity contribution in [2.24, 2.45) is 5.73 Å². The van der Waals surface area contributed by atoms with Gasteiger partial charge in [-0.2, -0.15) is 13.2 Å². The lowest BCUT2D eigenvalue weighted by molar-refractivity contribution is -0.150. The molecule has 3 N–H and O–H groups in total. The summed E-state index contributed by atoms with van der Waals surface area (Å²) >= 11 is 2.82. The van der Waals surface area contributed by atoms with Gasteiger partial charge in [-0.3, -0.25) is 0 Å². The van der Waals surface area contributed by atoms with E-state index in [9.17, 15) is 27.5 Å². The summed E-state index contributed by atoms with van der Waals surface area (Å²) in [5.74, 6) is -2.26. The molecule has 126 valence electrons. The predicted octanol–water partition coefficient (Wildman–Crippen LogP) is 3.50. The molecule has 1 aromatic carbocycles. The van der Waals surface area contributed by atoms with Crippen molar-refractivity contribution in [1.29, 1.82) is 0 Å². The number of hydrogen-bond donors (Lipinski definition) is 2. The molecule has 0 fully saturated rings. The van der Waals surface area contributed by atoms with E-state index in [1.54, 1.807) is 0 Å². The summed E-state index contributed by atoms with van der Waals surface area (Å²) in [5.41, 5.74) is 3.16. The highest BCUT2D eigenvalue weighted by atomic mass is 79.9. The molecule has 0 spiro atoms. The minimum atomic E-state index is -4.86. The summed E-state index contributed by atoms with van der Waals surface area (Å²) in [6.45, 7) is 1.26. The van der Waals surface area contributed by atoms with Crippen molar-refractivity contribution in [2.45, 2.75) is 25.3 Å². The van der Waals surface area contributed by atoms with Crippen LogP contribution in [0.3, 0.4) is 0 Å². The number of nitrogens with two attached hydrogens (primary N) is 1. The first kappa shape index (κ1) is 20.9. The molecule has 2 atom stereocenters. The second-order valence-electron chi connectivity index (χ2n) is 4.03. The smallest absolute Gasteiger partial charge is 0.416 e. The van der Waals surface area contributed by atoms with Crippen LogP contribution in [0.4, 0.5) is 17.6 Å². The number of carbonyl (C=O) groups excluding carboxylic acids is 1. The largest absolute Gasteiger partial charge is 0.506 e. The fraction of sp³-hybridized carbons (Fsp3) is 0.417. The van der Waals surface area contributed by atoms with Crippen LogP contribution in [0.2, 0.25) is 0 Å². The Morgan fingerprint density at radius 3 is 2.45 bits per heavy atom. The first-order valence-corrected chi connectivity index (χ1v) is 6.55. The fourth-order valence-electron chi connectivity index (χ4n) is 1.68. The molecular weight excluding hydrogens is 397 g/mol. The van der Waals surface area contributed by atoms with Gasteiger partial charge >= 0.3 is 12.1 Å². The first-order chi connectivity index (χ1) is 9.61. The van der Waals surface area contributed by atoms with E-state index in [2.05, 4.69) is 20.7 Å². The van der Waals surface area contributed by atoms with E-state index in [-0.39, 0.29) is 23.5 Å². The van der Waals surface area contributed by atoms with Gasteiger partial charge in [0.25, 0.3) is 0 Å². The van der Waals surface area contributed by atoms with Crippen LogP contribution < -0.4 is 5.73 Å². The molecule has 0 radical (unpaired) electrons. The molecule has 0 amide bonds. The van der Waals surface area contributed by atoms with Gasteiger partial charge in [-0.25, -0.2) is 9.18 Å². The van der Waals surface area contributed by atoms with Gasteiger partial charge in [0.1, 0.15) is 5.75 Å². The molecule has 0 saturated carbocycles. The highest BCUT2D eigenvalue weighted by molar-refractivity contribution is 9.10. The molecule has 0 heterocycles. The van der Waals surface area contributed by atoms with Gasteiger partial charge < -0.3 is 15.6 Å². The lowest BCUT2D eigenvalue weighted by atomic mass is 9.96. The highest BCUT2D eigenvalue weighted by Gasteiger charge is 2.40. The Morgan fingerprint density at radius 2 is 2.00 bits per heavy atom. The third kappa shape index (κ3) is 4.47. The average Bonchev–Trinajstić information content (AvgIpc) is 2.39. The minimum absolute atomic E-state index is 0. The van der Waals surface area contributed by atoms with Gasteiger partial charge in [-0.05, 0) is 35.0 Å². The Balaban J connectivity index is 0.00000441. The van der Waals surface area contributed by atoms with E-state index in [1.807, 2.05) is 0 Å². The molecule has 0 bridgehead atoms. The number of benzene rings is 1. The molecule has 1 aromatic rings. The van der Waals surface area contributed by atoms with Gasteiger partial charge in [0.05, 0.1) is 22.7 Å². The number of carbonyl (C=O) groups is 1. The monoisotopic (exact) mass is 409 g/mol. The van der Waals surface area contributed by atoms with Gasteiger partial charge in [-0.15, -0.1) is 12.4 Å².